The second-order valence-corrected chi connectivity index (χ2v) is 20.3. The molecule has 9 N–H and O–H groups in total. The topological polar surface area (TPSA) is 323 Å². The van der Waals surface area contributed by atoms with Gasteiger partial charge in [0.25, 0.3) is 5.56 Å². The normalized spacial score (nSPS) is 15.7. The largest absolute Gasteiger partial charge is 0.460 e. The number of carbonyl (C=O) groups is 6. The molecule has 4 atom stereocenters. The number of hydrogen-bond acceptors (Lipinski definition) is 17. The van der Waals surface area contributed by atoms with E-state index in [0.717, 1.165) is 5.56 Å². The molecule has 2 aromatic heterocycles. The maximum Gasteiger partial charge on any atom is 0.413 e. The van der Waals surface area contributed by atoms with E-state index in [-0.39, 0.29) is 76.0 Å². The van der Waals surface area contributed by atoms with Crippen LogP contribution in [0.5, 0.6) is 5.75 Å². The Labute approximate surface area is 474 Å². The second kappa shape index (κ2) is 30.8. The number of primary amides is 1. The number of nitrogens with one attached hydrogen (secondary N) is 5. The Morgan fingerprint density at radius 2 is 1.46 bits per heavy atom. The minimum Gasteiger partial charge on any atom is -0.460 e. The van der Waals surface area contributed by atoms with Crippen molar-refractivity contribution < 1.29 is 71.1 Å². The highest BCUT2D eigenvalue weighted by atomic mass is 19.1. The van der Waals surface area contributed by atoms with E-state index in [4.69, 9.17) is 54.3 Å². The Balaban J connectivity index is 0.891. The highest BCUT2D eigenvalue weighted by molar-refractivity contribution is 5.99. The van der Waals surface area contributed by atoms with Crippen molar-refractivity contribution in [3.8, 4) is 17.1 Å². The smallest absolute Gasteiger partial charge is 0.413 e. The molecular formula is C57H76FN9O15. The van der Waals surface area contributed by atoms with Gasteiger partial charge in [-0.05, 0) is 97.5 Å². The zero-order valence-electron chi connectivity index (χ0n) is 47.0. The van der Waals surface area contributed by atoms with Crippen molar-refractivity contribution in [2.24, 2.45) is 17.4 Å². The third kappa shape index (κ3) is 16.5. The first-order valence-corrected chi connectivity index (χ1v) is 27.9. The predicted molar refractivity (Wildman–Crippen MR) is 297 cm³/mol. The Bertz CT molecular complexity index is 2960. The van der Waals surface area contributed by atoms with Gasteiger partial charge in [0.1, 0.15) is 30.3 Å². The lowest BCUT2D eigenvalue weighted by molar-refractivity contribution is -0.148. The molecule has 1 unspecified atom stereocenters. The Morgan fingerprint density at radius 1 is 0.829 bits per heavy atom. The summed E-state index contributed by atoms with van der Waals surface area (Å²) in [4.78, 5) is 97.3. The van der Waals surface area contributed by atoms with Gasteiger partial charge in [-0.2, -0.15) is 0 Å². The lowest BCUT2D eigenvalue weighted by Gasteiger charge is -2.29. The fourth-order valence-corrected chi connectivity index (χ4v) is 10.1. The van der Waals surface area contributed by atoms with Gasteiger partial charge in [-0.25, -0.2) is 19.0 Å². The lowest BCUT2D eigenvalue weighted by atomic mass is 9.81. The number of anilines is 1. The third-order valence-corrected chi connectivity index (χ3v) is 14.3. The average Bonchev–Trinajstić information content (AvgIpc) is 1.80. The van der Waals surface area contributed by atoms with Crippen LogP contribution in [0.1, 0.15) is 98.2 Å². The van der Waals surface area contributed by atoms with E-state index in [1.807, 2.05) is 13.0 Å². The summed E-state index contributed by atoms with van der Waals surface area (Å²) >= 11 is 0. The van der Waals surface area contributed by atoms with Crippen LogP contribution in [0.4, 0.5) is 19.7 Å². The number of rotatable bonds is 33. The molecule has 4 heterocycles. The van der Waals surface area contributed by atoms with Gasteiger partial charge in [-0.1, -0.05) is 20.8 Å². The summed E-state index contributed by atoms with van der Waals surface area (Å²) in [6.07, 6.45) is 0.769. The van der Waals surface area contributed by atoms with Crippen LogP contribution in [0.3, 0.4) is 0 Å². The van der Waals surface area contributed by atoms with Gasteiger partial charge in [0.05, 0.1) is 120 Å². The minimum absolute atomic E-state index is 0.0360. The number of amides is 6. The minimum atomic E-state index is -1.11. The first-order valence-electron chi connectivity index (χ1n) is 27.9. The zero-order valence-corrected chi connectivity index (χ0v) is 47.0. The van der Waals surface area contributed by atoms with Crippen LogP contribution in [0.15, 0.2) is 41.2 Å². The maximum atomic E-state index is 15.5. The van der Waals surface area contributed by atoms with Crippen molar-refractivity contribution in [2.45, 2.75) is 103 Å². The molecule has 1 aliphatic carbocycles. The molecule has 25 heteroatoms. The van der Waals surface area contributed by atoms with Crippen LogP contribution >= 0.6 is 0 Å². The Hall–Kier alpha value is -7.13. The van der Waals surface area contributed by atoms with Crippen LogP contribution in [0.2, 0.25) is 0 Å². The summed E-state index contributed by atoms with van der Waals surface area (Å²) in [6, 6.07) is 5.67. The molecule has 6 amide bonds. The van der Waals surface area contributed by atoms with Crippen molar-refractivity contribution >= 4 is 52.4 Å². The number of nitrogens with zero attached hydrogens (tertiary/aromatic N) is 2. The summed E-state index contributed by atoms with van der Waals surface area (Å²) in [5.74, 6) is -3.31. The Morgan fingerprint density at radius 3 is 2.07 bits per heavy atom. The number of urea groups is 1. The number of esters is 1. The molecule has 82 heavy (non-hydrogen) atoms. The zero-order chi connectivity index (χ0) is 58.7. The molecule has 2 aliphatic heterocycles. The van der Waals surface area contributed by atoms with Gasteiger partial charge in [-0.3, -0.25) is 24.0 Å². The number of pyridine rings is 2. The second-order valence-electron chi connectivity index (χ2n) is 20.3. The fraction of sp³-hybridized carbons (Fsp3) is 0.544. The lowest BCUT2D eigenvalue weighted by Crippen LogP contribution is -2.54. The molecule has 4 aromatic rings. The molecule has 0 spiro atoms. The van der Waals surface area contributed by atoms with Crippen molar-refractivity contribution in [1.29, 1.82) is 0 Å². The summed E-state index contributed by atoms with van der Waals surface area (Å²) in [6.45, 7) is 12.2. The number of halogens is 1. The molecular weight excluding hydrogens is 1070 g/mol. The summed E-state index contributed by atoms with van der Waals surface area (Å²) in [7, 11) is 0. The number of nitrogens with two attached hydrogens (primary N) is 2. The summed E-state index contributed by atoms with van der Waals surface area (Å²) < 4.78 is 60.8. The van der Waals surface area contributed by atoms with Crippen molar-refractivity contribution in [3.05, 3.63) is 85.9 Å². The Kier molecular flexibility index (Phi) is 23.5. The van der Waals surface area contributed by atoms with Crippen molar-refractivity contribution in [3.63, 3.8) is 0 Å². The van der Waals surface area contributed by atoms with Crippen LogP contribution in [-0.2, 0) is 71.9 Å². The number of carbonyl (C=O) groups excluding carboxylic acids is 6. The summed E-state index contributed by atoms with van der Waals surface area (Å²) in [5.41, 5.74) is 15.6. The van der Waals surface area contributed by atoms with Gasteiger partial charge >= 0.3 is 18.1 Å². The van der Waals surface area contributed by atoms with Gasteiger partial charge in [-0.15, -0.1) is 0 Å². The molecule has 24 nitrogen and oxygen atoms in total. The first kappa shape index (κ1) is 62.5. The van der Waals surface area contributed by atoms with Crippen LogP contribution in [0, 0.1) is 18.7 Å². The number of hydrogen-bond donors (Lipinski definition) is 7. The molecule has 0 fully saturated rings. The monoisotopic (exact) mass is 1150 g/mol. The van der Waals surface area contributed by atoms with E-state index in [9.17, 15) is 33.6 Å². The molecule has 0 bridgehead atoms. The highest BCUT2D eigenvalue weighted by Gasteiger charge is 2.38. The van der Waals surface area contributed by atoms with E-state index in [1.165, 1.54) is 30.3 Å². The van der Waals surface area contributed by atoms with E-state index in [2.05, 4.69) is 26.6 Å². The highest BCUT2D eigenvalue weighted by Crippen LogP contribution is 2.45. The molecule has 2 aromatic carbocycles. The standard InChI is InChI=1S/C57H76FN9O15/c1-5-37-39-29-46-51-40(31-67(46)54(71)41(39)32-81-55(37)72)49-43(13-12-38-34(4)42(58)30-45(63-51)48(38)49)65-57(74)82-36-10-8-35(9-11-36)62-52(69)44(7-6-16-61-56(60)73)64-53(70)50(33(2)3)66-47(68)14-17-75-19-21-77-23-25-79-27-28-80-26-24-78-22-20-76-18-15-59/h8-11,29-30,33,37,43-44,50H,5-7,12-28,31-32,59H2,1-4H3,(H,62,69)(H,64,70)(H,65,74)(H,66,68)(H3,60,61,73)/t37-,43+,44+,50?/m1/s1. The SMILES string of the molecule is CC[C@H]1C(=O)OCc2c1cc1n(c2=O)Cc2c-1nc1cc(F)c(C)c3c1c2[C@@H](NC(=O)Oc1ccc(NC(=O)[C@H](CCCNC(N)=O)NC(=O)C(NC(=O)CCOCCOCCOCCOCCOCCOCCN)C(C)C)cc1)CC3. The molecule has 7 rings (SSSR count). The summed E-state index contributed by atoms with van der Waals surface area (Å²) in [5, 5.41) is 14.5. The molecule has 0 saturated heterocycles. The maximum absolute atomic E-state index is 15.5. The van der Waals surface area contributed by atoms with E-state index in [1.54, 1.807) is 25.3 Å². The predicted octanol–water partition coefficient (Wildman–Crippen LogP) is 3.66. The van der Waals surface area contributed by atoms with Gasteiger partial charge in [0.2, 0.25) is 17.7 Å². The molecule has 0 radical (unpaired) electrons. The van der Waals surface area contributed by atoms with Crippen molar-refractivity contribution in [1.82, 2.24) is 30.8 Å². The molecule has 0 saturated carbocycles. The van der Waals surface area contributed by atoms with Crippen molar-refractivity contribution in [2.75, 3.05) is 97.7 Å². The van der Waals surface area contributed by atoms with E-state index < -0.39 is 65.7 Å². The van der Waals surface area contributed by atoms with Gasteiger partial charge in [0, 0.05) is 42.2 Å². The van der Waals surface area contributed by atoms with Gasteiger partial charge < -0.3 is 80.5 Å². The van der Waals surface area contributed by atoms with Crippen LogP contribution in [-0.4, -0.2) is 150 Å². The molecule has 446 valence electrons. The number of ether oxygens (including phenoxy) is 8. The van der Waals surface area contributed by atoms with Crippen LogP contribution < -0.4 is 48.3 Å². The number of aromatic nitrogens is 2. The van der Waals surface area contributed by atoms with E-state index in [0.29, 0.717) is 141 Å². The average molecular weight is 1150 g/mol. The number of benzene rings is 2. The number of aryl methyl sites for hydroxylation is 1. The molecule has 3 aliphatic rings. The number of cyclic esters (lactones) is 1. The first-order chi connectivity index (χ1) is 39.6. The van der Waals surface area contributed by atoms with Crippen LogP contribution in [0.25, 0.3) is 22.3 Å². The van der Waals surface area contributed by atoms with Gasteiger partial charge in [0.15, 0.2) is 0 Å². The van der Waals surface area contributed by atoms with E-state index >= 15 is 4.39 Å². The quantitative estimate of drug-likeness (QED) is 0.0233. The fourth-order valence-electron chi connectivity index (χ4n) is 10.1. The third-order valence-electron chi connectivity index (χ3n) is 14.3. The number of fused-ring (bicyclic) bond motifs is 5.